The second-order valence-electron chi connectivity index (χ2n) is 7.79. The number of nitrogens with zero attached hydrogens (tertiary/aromatic N) is 4. The predicted octanol–water partition coefficient (Wildman–Crippen LogP) is -3.28. The number of nitrogen functional groups attached to an aromatic ring is 1. The fourth-order valence-corrected chi connectivity index (χ4v) is 5.62. The van der Waals surface area contributed by atoms with Gasteiger partial charge in [0.15, 0.2) is 24.0 Å². The molecule has 36 heavy (non-hydrogen) atoms. The molecule has 9 N–H and O–H groups in total. The van der Waals surface area contributed by atoms with E-state index < -0.39 is 78.0 Å². The average Bonchev–Trinajstić information content (AvgIpc) is 3.42. The summed E-state index contributed by atoms with van der Waals surface area (Å²) in [6.45, 7) is -1.79. The summed E-state index contributed by atoms with van der Waals surface area (Å²) < 4.78 is 48.8. The summed E-state index contributed by atoms with van der Waals surface area (Å²) in [7, 11) is -10.6. The Labute approximate surface area is 200 Å². The monoisotopic (exact) mass is 559 g/mol. The van der Waals surface area contributed by atoms with Gasteiger partial charge >= 0.3 is 15.6 Å². The van der Waals surface area contributed by atoms with Crippen LogP contribution in [0.2, 0.25) is 0 Å². The smallest absolute Gasteiger partial charge is 0.387 e. The van der Waals surface area contributed by atoms with E-state index in [0.29, 0.717) is 0 Å². The fourth-order valence-electron chi connectivity index (χ4n) is 3.53. The normalized spacial score (nSPS) is 36.2. The molecule has 0 radical (unpaired) electrons. The number of anilines is 1. The lowest BCUT2D eigenvalue weighted by atomic mass is 10.1. The molecular formula is C15H23N5O14P2. The van der Waals surface area contributed by atoms with Crippen molar-refractivity contribution in [2.45, 2.75) is 49.1 Å². The SMILES string of the molecule is Nc1ncnc2c1ncn2[C@@H]1O[C@@H](COP(=O)(O)OP(=O)(O)OC[C@@H]2O[C@H](O)[C@H](O)[C@@H]2O)[C@@H](O)[C@H]1O. The first-order chi connectivity index (χ1) is 16.8. The van der Waals surface area contributed by atoms with Crippen molar-refractivity contribution >= 4 is 32.6 Å². The van der Waals surface area contributed by atoms with Crippen molar-refractivity contribution in [2.75, 3.05) is 18.9 Å². The highest BCUT2D eigenvalue weighted by atomic mass is 31.3. The Morgan fingerprint density at radius 1 is 0.889 bits per heavy atom. The molecule has 2 aromatic rings. The Morgan fingerprint density at radius 3 is 2.06 bits per heavy atom. The summed E-state index contributed by atoms with van der Waals surface area (Å²) in [5.74, 6) is 0.0575. The molecule has 2 aliphatic heterocycles. The van der Waals surface area contributed by atoms with E-state index >= 15 is 0 Å². The molecule has 0 saturated carbocycles. The number of phosphoric ester groups is 2. The number of aliphatic hydroxyl groups is 5. The van der Waals surface area contributed by atoms with E-state index in [-0.39, 0.29) is 17.0 Å². The molecule has 21 heteroatoms. The third-order valence-electron chi connectivity index (χ3n) is 5.35. The Morgan fingerprint density at radius 2 is 1.47 bits per heavy atom. The molecule has 2 aromatic heterocycles. The number of aliphatic hydroxyl groups excluding tert-OH is 5. The van der Waals surface area contributed by atoms with Gasteiger partial charge in [0.2, 0.25) is 0 Å². The van der Waals surface area contributed by atoms with Gasteiger partial charge in [-0.15, -0.1) is 0 Å². The number of hydrogen-bond donors (Lipinski definition) is 8. The number of hydrogen-bond acceptors (Lipinski definition) is 16. The maximum Gasteiger partial charge on any atom is 0.481 e. The molecule has 0 aromatic carbocycles. The lowest BCUT2D eigenvalue weighted by Crippen LogP contribution is -2.34. The molecule has 202 valence electrons. The maximum atomic E-state index is 12.2. The zero-order valence-corrected chi connectivity index (χ0v) is 19.7. The molecule has 2 fully saturated rings. The number of rotatable bonds is 9. The van der Waals surface area contributed by atoms with Crippen LogP contribution in [0.4, 0.5) is 5.82 Å². The largest absolute Gasteiger partial charge is 0.481 e. The van der Waals surface area contributed by atoms with E-state index in [4.69, 9.17) is 15.2 Å². The van der Waals surface area contributed by atoms with Crippen LogP contribution in [0, 0.1) is 0 Å². The van der Waals surface area contributed by atoms with E-state index in [0.717, 1.165) is 6.33 Å². The van der Waals surface area contributed by atoms with Crippen molar-refractivity contribution in [3.8, 4) is 0 Å². The summed E-state index contributed by atoms with van der Waals surface area (Å²) >= 11 is 0. The van der Waals surface area contributed by atoms with Gasteiger partial charge in [0.1, 0.15) is 48.5 Å². The standard InChI is InChI=1S/C15H23N5O14P2/c16-12-7-13(18-3-17-12)20(4-19-7)14-10(23)8(21)5(32-14)1-30-35(26,27)34-36(28,29)31-2-6-9(22)11(24)15(25)33-6/h3-6,8-11,14-15,21-25H,1-2H2,(H,26,27)(H,28,29)(H2,16,17,18)/t5-,6-,8+,9+,10+,11+,14+,15-/m0/s1. The Hall–Kier alpha value is -1.67. The van der Waals surface area contributed by atoms with E-state index in [1.807, 2.05) is 0 Å². The van der Waals surface area contributed by atoms with Gasteiger partial charge in [-0.3, -0.25) is 13.6 Å². The van der Waals surface area contributed by atoms with Gasteiger partial charge < -0.3 is 50.5 Å². The summed E-state index contributed by atoms with van der Waals surface area (Å²) in [5.41, 5.74) is 6.09. The molecule has 0 aliphatic carbocycles. The third-order valence-corrected chi connectivity index (χ3v) is 7.95. The number of ether oxygens (including phenoxy) is 2. The summed E-state index contributed by atoms with van der Waals surface area (Å²) in [5, 5.41) is 49.0. The average molecular weight is 559 g/mol. The van der Waals surface area contributed by atoms with Crippen LogP contribution in [-0.4, -0.2) is 111 Å². The van der Waals surface area contributed by atoms with Gasteiger partial charge in [0.05, 0.1) is 19.5 Å². The van der Waals surface area contributed by atoms with Crippen LogP contribution >= 0.6 is 15.6 Å². The zero-order valence-electron chi connectivity index (χ0n) is 17.9. The van der Waals surface area contributed by atoms with Crippen LogP contribution in [0.5, 0.6) is 0 Å². The van der Waals surface area contributed by atoms with Gasteiger partial charge in [-0.25, -0.2) is 24.1 Å². The number of aromatic nitrogens is 4. The molecule has 2 unspecified atom stereocenters. The molecule has 4 rings (SSSR count). The second kappa shape index (κ2) is 10.2. The molecule has 10 atom stereocenters. The van der Waals surface area contributed by atoms with Crippen LogP contribution in [0.1, 0.15) is 6.23 Å². The molecule has 0 spiro atoms. The van der Waals surface area contributed by atoms with Crippen LogP contribution in [0.3, 0.4) is 0 Å². The van der Waals surface area contributed by atoms with Crippen molar-refractivity contribution in [1.29, 1.82) is 0 Å². The summed E-state index contributed by atoms with van der Waals surface area (Å²) in [6.07, 6.45) is -10.1. The molecule has 4 heterocycles. The predicted molar refractivity (Wildman–Crippen MR) is 111 cm³/mol. The van der Waals surface area contributed by atoms with Crippen molar-refractivity contribution in [2.24, 2.45) is 0 Å². The van der Waals surface area contributed by atoms with Crippen molar-refractivity contribution in [3.05, 3.63) is 12.7 Å². The van der Waals surface area contributed by atoms with E-state index in [1.54, 1.807) is 0 Å². The van der Waals surface area contributed by atoms with Crippen LogP contribution in [-0.2, 0) is 32.0 Å². The highest BCUT2D eigenvalue weighted by Crippen LogP contribution is 2.60. The number of nitrogens with two attached hydrogens (primary N) is 1. The maximum absolute atomic E-state index is 12.2. The first kappa shape index (κ1) is 27.4. The number of phosphoric acid groups is 2. The van der Waals surface area contributed by atoms with E-state index in [1.165, 1.54) is 10.9 Å². The molecular weight excluding hydrogens is 536 g/mol. The highest BCUT2D eigenvalue weighted by molar-refractivity contribution is 7.61. The first-order valence-corrected chi connectivity index (χ1v) is 13.1. The Kier molecular flexibility index (Phi) is 7.78. The first-order valence-electron chi connectivity index (χ1n) is 10.1. The Bertz CT molecular complexity index is 1180. The van der Waals surface area contributed by atoms with Crippen molar-refractivity contribution in [1.82, 2.24) is 19.5 Å². The minimum absolute atomic E-state index is 0.0575. The Balaban J connectivity index is 1.34. The molecule has 2 saturated heterocycles. The van der Waals surface area contributed by atoms with Crippen LogP contribution < -0.4 is 5.73 Å². The third kappa shape index (κ3) is 5.59. The van der Waals surface area contributed by atoms with Gasteiger partial charge in [0, 0.05) is 0 Å². The second-order valence-corrected chi connectivity index (χ2v) is 10.8. The van der Waals surface area contributed by atoms with Gasteiger partial charge in [-0.1, -0.05) is 0 Å². The highest BCUT2D eigenvalue weighted by Gasteiger charge is 2.47. The molecule has 0 bridgehead atoms. The number of imidazole rings is 1. The van der Waals surface area contributed by atoms with Crippen LogP contribution in [0.25, 0.3) is 11.2 Å². The van der Waals surface area contributed by atoms with E-state index in [2.05, 4.69) is 28.3 Å². The quantitative estimate of drug-likeness (QED) is 0.140. The van der Waals surface area contributed by atoms with E-state index in [9.17, 15) is 44.4 Å². The summed E-state index contributed by atoms with van der Waals surface area (Å²) in [6, 6.07) is 0. The van der Waals surface area contributed by atoms with Gasteiger partial charge in [-0.2, -0.15) is 4.31 Å². The topological polar surface area (TPSA) is 292 Å². The number of fused-ring (bicyclic) bond motifs is 1. The lowest BCUT2D eigenvalue weighted by Gasteiger charge is -2.20. The van der Waals surface area contributed by atoms with Crippen molar-refractivity contribution < 1.29 is 67.3 Å². The summed E-state index contributed by atoms with van der Waals surface area (Å²) in [4.78, 5) is 31.3. The minimum Gasteiger partial charge on any atom is -0.387 e. The van der Waals surface area contributed by atoms with Crippen LogP contribution in [0.15, 0.2) is 12.7 Å². The lowest BCUT2D eigenvalue weighted by molar-refractivity contribution is -0.132. The molecule has 2 aliphatic rings. The molecule has 0 amide bonds. The minimum atomic E-state index is -5.31. The van der Waals surface area contributed by atoms with Crippen molar-refractivity contribution in [3.63, 3.8) is 0 Å². The van der Waals surface area contributed by atoms with Gasteiger partial charge in [0.25, 0.3) is 0 Å². The zero-order chi connectivity index (χ0) is 26.4. The van der Waals surface area contributed by atoms with Gasteiger partial charge in [-0.05, 0) is 0 Å². The fraction of sp³-hybridized carbons (Fsp3) is 0.667. The molecule has 19 nitrogen and oxygen atoms in total.